The van der Waals surface area contributed by atoms with Gasteiger partial charge in [0.2, 0.25) is 0 Å². The lowest BCUT2D eigenvalue weighted by Gasteiger charge is -2.26. The number of aliphatic carboxylic acids is 1. The molecule has 0 aliphatic carbocycles. The summed E-state index contributed by atoms with van der Waals surface area (Å²) in [4.78, 5) is 13.0. The molecule has 3 nitrogen and oxygen atoms in total. The van der Waals surface area contributed by atoms with Crippen LogP contribution in [-0.2, 0) is 4.79 Å². The zero-order valence-electron chi connectivity index (χ0n) is 12.5. The summed E-state index contributed by atoms with van der Waals surface area (Å²) in [6, 6.07) is 0.160. The van der Waals surface area contributed by atoms with E-state index in [1.54, 1.807) is 0 Å². The van der Waals surface area contributed by atoms with Gasteiger partial charge >= 0.3 is 5.97 Å². The number of hydrogen-bond acceptors (Lipinski definition) is 2. The predicted octanol–water partition coefficient (Wildman–Crippen LogP) is 3.92. The molecule has 0 aliphatic rings. The van der Waals surface area contributed by atoms with E-state index in [2.05, 4.69) is 18.7 Å². The Kier molecular flexibility index (Phi) is 11.2. The molecule has 1 atom stereocenters. The molecule has 3 heteroatoms. The van der Waals surface area contributed by atoms with Gasteiger partial charge in [-0.2, -0.15) is 0 Å². The number of hydrogen-bond donors (Lipinski definition) is 1. The summed E-state index contributed by atoms with van der Waals surface area (Å²) in [5.41, 5.74) is 0. The van der Waals surface area contributed by atoms with Crippen molar-refractivity contribution in [1.29, 1.82) is 0 Å². The number of carbonyl (C=O) groups is 1. The van der Waals surface area contributed by atoms with Crippen molar-refractivity contribution in [3.8, 4) is 0 Å². The Hall–Kier alpha value is -0.570. The average molecular weight is 257 g/mol. The van der Waals surface area contributed by atoms with Crippen molar-refractivity contribution in [2.24, 2.45) is 0 Å². The molecule has 0 aromatic rings. The van der Waals surface area contributed by atoms with Crippen molar-refractivity contribution in [2.45, 2.75) is 78.2 Å². The molecular formula is C15H31NO2. The summed E-state index contributed by atoms with van der Waals surface area (Å²) in [5.74, 6) is -0.694. The Morgan fingerprint density at radius 1 is 1.06 bits per heavy atom. The van der Waals surface area contributed by atoms with E-state index < -0.39 is 5.97 Å². The Morgan fingerprint density at radius 3 is 2.11 bits per heavy atom. The Balaban J connectivity index is 3.58. The number of rotatable bonds is 12. The Morgan fingerprint density at radius 2 is 1.61 bits per heavy atom. The van der Waals surface area contributed by atoms with Crippen molar-refractivity contribution in [3.05, 3.63) is 0 Å². The minimum Gasteiger partial charge on any atom is -0.481 e. The van der Waals surface area contributed by atoms with Crippen LogP contribution in [0.3, 0.4) is 0 Å². The first-order chi connectivity index (χ1) is 8.61. The zero-order valence-corrected chi connectivity index (χ0v) is 12.5. The fourth-order valence-corrected chi connectivity index (χ4v) is 2.34. The molecule has 0 saturated heterocycles. The van der Waals surface area contributed by atoms with Crippen LogP contribution in [0.5, 0.6) is 0 Å². The molecule has 0 amide bonds. The zero-order chi connectivity index (χ0) is 13.8. The van der Waals surface area contributed by atoms with Crippen LogP contribution in [0.15, 0.2) is 0 Å². The maximum Gasteiger partial charge on any atom is 0.304 e. The van der Waals surface area contributed by atoms with Crippen LogP contribution in [0.1, 0.15) is 72.1 Å². The summed E-state index contributed by atoms with van der Waals surface area (Å²) < 4.78 is 0. The van der Waals surface area contributed by atoms with E-state index in [9.17, 15) is 4.79 Å². The summed E-state index contributed by atoms with van der Waals surface area (Å²) >= 11 is 0. The van der Waals surface area contributed by atoms with Gasteiger partial charge in [-0.1, -0.05) is 52.4 Å². The average Bonchev–Trinajstić information content (AvgIpc) is 2.31. The van der Waals surface area contributed by atoms with Crippen LogP contribution in [0.2, 0.25) is 0 Å². The molecule has 0 spiro atoms. The number of unbranched alkanes of at least 4 members (excludes halogenated alkanes) is 6. The fraction of sp³-hybridized carbons (Fsp3) is 0.933. The molecule has 108 valence electrons. The summed E-state index contributed by atoms with van der Waals surface area (Å²) in [6.45, 7) is 8.35. The predicted molar refractivity (Wildman–Crippen MR) is 77.0 cm³/mol. The van der Waals surface area contributed by atoms with Crippen molar-refractivity contribution in [1.82, 2.24) is 4.90 Å². The molecule has 0 aromatic heterocycles. The van der Waals surface area contributed by atoms with Gasteiger partial charge in [-0.25, -0.2) is 0 Å². The minimum atomic E-state index is -0.694. The monoisotopic (exact) mass is 257 g/mol. The van der Waals surface area contributed by atoms with Crippen LogP contribution in [0, 0.1) is 0 Å². The molecule has 0 saturated carbocycles. The smallest absolute Gasteiger partial charge is 0.304 e. The number of carboxylic acids is 1. The van der Waals surface area contributed by atoms with E-state index in [0.717, 1.165) is 13.1 Å². The molecule has 0 heterocycles. The Bertz CT molecular complexity index is 207. The molecule has 0 aliphatic heterocycles. The van der Waals surface area contributed by atoms with E-state index >= 15 is 0 Å². The van der Waals surface area contributed by atoms with Crippen LogP contribution < -0.4 is 0 Å². The first-order valence-corrected chi connectivity index (χ1v) is 7.57. The van der Waals surface area contributed by atoms with E-state index in [0.29, 0.717) is 0 Å². The van der Waals surface area contributed by atoms with E-state index in [1.807, 2.05) is 6.92 Å². The second-order valence-electron chi connectivity index (χ2n) is 5.20. The van der Waals surface area contributed by atoms with Gasteiger partial charge in [0.15, 0.2) is 0 Å². The van der Waals surface area contributed by atoms with Gasteiger partial charge in [-0.15, -0.1) is 0 Å². The summed E-state index contributed by atoms with van der Waals surface area (Å²) in [6.07, 6.45) is 9.43. The standard InChI is InChI=1S/C15H31NO2/c1-4-6-7-8-9-10-11-12-16(5-2)14(3)13-15(17)18/h14H,4-13H2,1-3H3,(H,17,18). The highest BCUT2D eigenvalue weighted by atomic mass is 16.4. The van der Waals surface area contributed by atoms with Crippen LogP contribution in [-0.4, -0.2) is 35.1 Å². The van der Waals surface area contributed by atoms with E-state index in [4.69, 9.17) is 5.11 Å². The normalized spacial score (nSPS) is 12.9. The molecule has 0 bridgehead atoms. The van der Waals surface area contributed by atoms with Gasteiger partial charge in [-0.05, 0) is 26.4 Å². The lowest BCUT2D eigenvalue weighted by atomic mass is 10.1. The van der Waals surface area contributed by atoms with E-state index in [-0.39, 0.29) is 12.5 Å². The molecule has 18 heavy (non-hydrogen) atoms. The number of nitrogens with zero attached hydrogens (tertiary/aromatic N) is 1. The third kappa shape index (κ3) is 9.46. The van der Waals surface area contributed by atoms with Gasteiger partial charge < -0.3 is 10.0 Å². The SMILES string of the molecule is CCCCCCCCCN(CC)C(C)CC(=O)O. The van der Waals surface area contributed by atoms with Gasteiger partial charge in [0, 0.05) is 6.04 Å². The van der Waals surface area contributed by atoms with Crippen molar-refractivity contribution >= 4 is 5.97 Å². The highest BCUT2D eigenvalue weighted by Crippen LogP contribution is 2.10. The van der Waals surface area contributed by atoms with Gasteiger partial charge in [-0.3, -0.25) is 4.79 Å². The first-order valence-electron chi connectivity index (χ1n) is 7.57. The van der Waals surface area contributed by atoms with Gasteiger partial charge in [0.1, 0.15) is 0 Å². The number of carboxylic acid groups (broad SMARTS) is 1. The lowest BCUT2D eigenvalue weighted by molar-refractivity contribution is -0.138. The molecule has 0 rings (SSSR count). The first kappa shape index (κ1) is 17.4. The largest absolute Gasteiger partial charge is 0.481 e. The molecular weight excluding hydrogens is 226 g/mol. The van der Waals surface area contributed by atoms with Crippen LogP contribution in [0.25, 0.3) is 0 Å². The summed E-state index contributed by atoms with van der Waals surface area (Å²) in [7, 11) is 0. The summed E-state index contributed by atoms with van der Waals surface area (Å²) in [5, 5.41) is 8.79. The minimum absolute atomic E-state index is 0.160. The molecule has 0 aromatic carbocycles. The maximum absolute atomic E-state index is 10.7. The van der Waals surface area contributed by atoms with Crippen molar-refractivity contribution in [3.63, 3.8) is 0 Å². The second kappa shape index (κ2) is 11.5. The molecule has 1 N–H and O–H groups in total. The fourth-order valence-electron chi connectivity index (χ4n) is 2.34. The van der Waals surface area contributed by atoms with Gasteiger partial charge in [0.05, 0.1) is 6.42 Å². The second-order valence-corrected chi connectivity index (χ2v) is 5.20. The molecule has 0 radical (unpaired) electrons. The van der Waals surface area contributed by atoms with Gasteiger partial charge in [0.25, 0.3) is 0 Å². The molecule has 0 fully saturated rings. The quantitative estimate of drug-likeness (QED) is 0.539. The lowest BCUT2D eigenvalue weighted by Crippen LogP contribution is -2.35. The van der Waals surface area contributed by atoms with E-state index in [1.165, 1.54) is 44.9 Å². The topological polar surface area (TPSA) is 40.5 Å². The van der Waals surface area contributed by atoms with Crippen molar-refractivity contribution < 1.29 is 9.90 Å². The highest BCUT2D eigenvalue weighted by molar-refractivity contribution is 5.67. The Labute approximate surface area is 113 Å². The van der Waals surface area contributed by atoms with Crippen LogP contribution >= 0.6 is 0 Å². The maximum atomic E-state index is 10.7. The third-order valence-electron chi connectivity index (χ3n) is 3.55. The molecule has 1 unspecified atom stereocenters. The highest BCUT2D eigenvalue weighted by Gasteiger charge is 2.14. The third-order valence-corrected chi connectivity index (χ3v) is 3.55. The van der Waals surface area contributed by atoms with Crippen LogP contribution in [0.4, 0.5) is 0 Å². The van der Waals surface area contributed by atoms with Crippen molar-refractivity contribution in [2.75, 3.05) is 13.1 Å².